The monoisotopic (exact) mass is 251 g/mol. The van der Waals surface area contributed by atoms with Crippen LogP contribution in [0.5, 0.6) is 0 Å². The van der Waals surface area contributed by atoms with Crippen LogP contribution in [-0.2, 0) is 9.53 Å². The molecule has 0 bridgehead atoms. The first-order chi connectivity index (χ1) is 8.63. The molecule has 1 aliphatic heterocycles. The zero-order valence-corrected chi connectivity index (χ0v) is 10.6. The van der Waals surface area contributed by atoms with Gasteiger partial charge in [-0.25, -0.2) is 0 Å². The van der Waals surface area contributed by atoms with E-state index in [0.717, 1.165) is 0 Å². The van der Waals surface area contributed by atoms with Crippen LogP contribution in [0.3, 0.4) is 0 Å². The first kappa shape index (κ1) is 12.7. The van der Waals surface area contributed by atoms with Crippen molar-refractivity contribution in [2.45, 2.75) is 13.3 Å². The van der Waals surface area contributed by atoms with Crippen LogP contribution in [0.2, 0.25) is 0 Å². The molecule has 2 atom stereocenters. The van der Waals surface area contributed by atoms with Crippen molar-refractivity contribution in [3.05, 3.63) is 24.2 Å². The highest BCUT2D eigenvalue weighted by Gasteiger charge is 2.34. The van der Waals surface area contributed by atoms with Crippen LogP contribution in [0.1, 0.15) is 23.7 Å². The summed E-state index contributed by atoms with van der Waals surface area (Å²) < 4.78 is 9.68. The fourth-order valence-corrected chi connectivity index (χ4v) is 2.40. The Hall–Kier alpha value is -1.78. The largest absolute Gasteiger partial charge is 0.472 e. The normalized spacial score (nSPS) is 23.8. The van der Waals surface area contributed by atoms with E-state index in [2.05, 4.69) is 0 Å². The summed E-state index contributed by atoms with van der Waals surface area (Å²) in [6.07, 6.45) is 3.58. The van der Waals surface area contributed by atoms with Gasteiger partial charge < -0.3 is 14.1 Å². The number of ether oxygens (including phenoxy) is 1. The molecule has 2 heterocycles. The number of carbonyl (C=O) groups is 2. The molecule has 1 fully saturated rings. The maximum absolute atomic E-state index is 12.1. The molecule has 0 aliphatic carbocycles. The van der Waals surface area contributed by atoms with Gasteiger partial charge in [-0.15, -0.1) is 0 Å². The summed E-state index contributed by atoms with van der Waals surface area (Å²) in [6.45, 7) is 3.12. The van der Waals surface area contributed by atoms with Gasteiger partial charge in [0.15, 0.2) is 0 Å². The summed E-state index contributed by atoms with van der Waals surface area (Å²) in [5, 5.41) is 0. The zero-order valence-electron chi connectivity index (χ0n) is 10.6. The van der Waals surface area contributed by atoms with E-state index in [-0.39, 0.29) is 23.7 Å². The van der Waals surface area contributed by atoms with Gasteiger partial charge in [0.25, 0.3) is 5.91 Å². The van der Waals surface area contributed by atoms with E-state index in [1.54, 1.807) is 11.0 Å². The highest BCUT2D eigenvalue weighted by molar-refractivity contribution is 5.94. The Morgan fingerprint density at radius 1 is 1.50 bits per heavy atom. The molecular weight excluding hydrogens is 234 g/mol. The van der Waals surface area contributed by atoms with Crippen molar-refractivity contribution < 1.29 is 18.7 Å². The third-order valence-electron chi connectivity index (χ3n) is 3.46. The Bertz CT molecular complexity index is 426. The molecule has 18 heavy (non-hydrogen) atoms. The molecule has 5 nitrogen and oxygen atoms in total. The molecule has 0 N–H and O–H groups in total. The number of amides is 1. The molecule has 1 aliphatic rings. The second-order valence-corrected chi connectivity index (χ2v) is 4.66. The Labute approximate surface area is 106 Å². The lowest BCUT2D eigenvalue weighted by Gasteiger charge is -2.35. The number of esters is 1. The van der Waals surface area contributed by atoms with E-state index >= 15 is 0 Å². The van der Waals surface area contributed by atoms with Gasteiger partial charge in [0.1, 0.15) is 6.26 Å². The summed E-state index contributed by atoms with van der Waals surface area (Å²) in [6, 6.07) is 1.65. The number of methoxy groups -OCH3 is 1. The van der Waals surface area contributed by atoms with Gasteiger partial charge >= 0.3 is 5.97 Å². The van der Waals surface area contributed by atoms with Crippen molar-refractivity contribution in [2.75, 3.05) is 20.2 Å². The van der Waals surface area contributed by atoms with Gasteiger partial charge in [-0.05, 0) is 18.4 Å². The van der Waals surface area contributed by atoms with Crippen molar-refractivity contribution in [3.8, 4) is 0 Å². The van der Waals surface area contributed by atoms with Gasteiger partial charge in [-0.3, -0.25) is 9.59 Å². The average Bonchev–Trinajstić information content (AvgIpc) is 2.90. The third kappa shape index (κ3) is 2.39. The SMILES string of the molecule is COC(=O)C1CCN(C(=O)c2ccoc2)CC1C. The van der Waals surface area contributed by atoms with Crippen LogP contribution < -0.4 is 0 Å². The summed E-state index contributed by atoms with van der Waals surface area (Å²) in [4.78, 5) is 25.4. The molecule has 1 aromatic rings. The fraction of sp³-hybridized carbons (Fsp3) is 0.538. The molecule has 1 saturated heterocycles. The number of piperidine rings is 1. The average molecular weight is 251 g/mol. The number of nitrogens with zero attached hydrogens (tertiary/aromatic N) is 1. The lowest BCUT2D eigenvalue weighted by atomic mass is 9.87. The summed E-state index contributed by atoms with van der Waals surface area (Å²) in [7, 11) is 1.40. The molecule has 98 valence electrons. The van der Waals surface area contributed by atoms with Crippen molar-refractivity contribution in [3.63, 3.8) is 0 Å². The lowest BCUT2D eigenvalue weighted by molar-refractivity contribution is -0.148. The quantitative estimate of drug-likeness (QED) is 0.748. The lowest BCUT2D eigenvalue weighted by Crippen LogP contribution is -2.45. The number of rotatable bonds is 2. The zero-order chi connectivity index (χ0) is 13.1. The fourth-order valence-electron chi connectivity index (χ4n) is 2.40. The van der Waals surface area contributed by atoms with Crippen LogP contribution in [0.4, 0.5) is 0 Å². The molecule has 0 saturated carbocycles. The molecular formula is C13H17NO4. The van der Waals surface area contributed by atoms with Gasteiger partial charge in [0.05, 0.1) is 24.9 Å². The van der Waals surface area contributed by atoms with Crippen molar-refractivity contribution >= 4 is 11.9 Å². The van der Waals surface area contributed by atoms with E-state index in [1.165, 1.54) is 19.6 Å². The minimum atomic E-state index is -0.182. The summed E-state index contributed by atoms with van der Waals surface area (Å²) >= 11 is 0. The standard InChI is InChI=1S/C13H17NO4/c1-9-7-14(5-3-11(9)13(16)17-2)12(15)10-4-6-18-8-10/h4,6,8-9,11H,3,5,7H2,1-2H3. The van der Waals surface area contributed by atoms with Gasteiger partial charge in [-0.1, -0.05) is 6.92 Å². The van der Waals surface area contributed by atoms with Crippen LogP contribution in [0.25, 0.3) is 0 Å². The smallest absolute Gasteiger partial charge is 0.309 e. The predicted octanol–water partition coefficient (Wildman–Crippen LogP) is 1.55. The Morgan fingerprint density at radius 3 is 2.83 bits per heavy atom. The van der Waals surface area contributed by atoms with E-state index in [1.807, 2.05) is 6.92 Å². The van der Waals surface area contributed by atoms with Gasteiger partial charge in [0, 0.05) is 13.1 Å². The first-order valence-corrected chi connectivity index (χ1v) is 6.02. The Morgan fingerprint density at radius 2 is 2.28 bits per heavy atom. The van der Waals surface area contributed by atoms with E-state index < -0.39 is 0 Å². The second kappa shape index (κ2) is 5.25. The Balaban J connectivity index is 2.00. The van der Waals surface area contributed by atoms with Gasteiger partial charge in [0.2, 0.25) is 0 Å². The molecule has 2 unspecified atom stereocenters. The van der Waals surface area contributed by atoms with Crippen molar-refractivity contribution in [2.24, 2.45) is 11.8 Å². The highest BCUT2D eigenvalue weighted by atomic mass is 16.5. The van der Waals surface area contributed by atoms with Crippen LogP contribution >= 0.6 is 0 Å². The molecule has 0 radical (unpaired) electrons. The second-order valence-electron chi connectivity index (χ2n) is 4.66. The number of carbonyl (C=O) groups excluding carboxylic acids is 2. The van der Waals surface area contributed by atoms with Crippen molar-refractivity contribution in [1.82, 2.24) is 4.90 Å². The summed E-state index contributed by atoms with van der Waals surface area (Å²) in [5.74, 6) is -0.220. The van der Waals surface area contributed by atoms with E-state index in [0.29, 0.717) is 25.1 Å². The molecule has 0 aromatic carbocycles. The number of likely N-dealkylation sites (tertiary alicyclic amines) is 1. The summed E-state index contributed by atoms with van der Waals surface area (Å²) in [5.41, 5.74) is 0.554. The minimum Gasteiger partial charge on any atom is -0.472 e. The Kier molecular flexibility index (Phi) is 3.69. The predicted molar refractivity (Wildman–Crippen MR) is 63.9 cm³/mol. The maximum Gasteiger partial charge on any atom is 0.309 e. The van der Waals surface area contributed by atoms with Gasteiger partial charge in [-0.2, -0.15) is 0 Å². The molecule has 0 spiro atoms. The molecule has 5 heteroatoms. The van der Waals surface area contributed by atoms with Crippen LogP contribution in [-0.4, -0.2) is 37.0 Å². The minimum absolute atomic E-state index is 0.0427. The van der Waals surface area contributed by atoms with E-state index in [9.17, 15) is 9.59 Å². The van der Waals surface area contributed by atoms with Crippen molar-refractivity contribution in [1.29, 1.82) is 0 Å². The number of furan rings is 1. The maximum atomic E-state index is 12.1. The molecule has 2 rings (SSSR count). The molecule has 1 aromatic heterocycles. The number of hydrogen-bond acceptors (Lipinski definition) is 4. The number of hydrogen-bond donors (Lipinski definition) is 0. The van der Waals surface area contributed by atoms with Crippen LogP contribution in [0.15, 0.2) is 23.0 Å². The topological polar surface area (TPSA) is 59.8 Å². The highest BCUT2D eigenvalue weighted by Crippen LogP contribution is 2.25. The van der Waals surface area contributed by atoms with E-state index in [4.69, 9.17) is 9.15 Å². The first-order valence-electron chi connectivity index (χ1n) is 6.02. The third-order valence-corrected chi connectivity index (χ3v) is 3.46. The van der Waals surface area contributed by atoms with Crippen LogP contribution in [0, 0.1) is 11.8 Å². The molecule has 1 amide bonds.